The maximum absolute atomic E-state index is 12.4. The van der Waals surface area contributed by atoms with Crippen LogP contribution in [0.2, 0.25) is 0 Å². The molecule has 0 aliphatic rings. The lowest BCUT2D eigenvalue weighted by Gasteiger charge is -2.19. The SMILES string of the molecule is Cc1ncc(-c2ccnc(Nc3ccc(S(=O)(=O)NC(=O)OC(C)(C)C)cc3)n2)n1C. The van der Waals surface area contributed by atoms with E-state index >= 15 is 0 Å². The van der Waals surface area contributed by atoms with Crippen LogP contribution in [0.1, 0.15) is 26.6 Å². The molecule has 3 aromatic rings. The summed E-state index contributed by atoms with van der Waals surface area (Å²) < 4.78 is 33.5. The first-order chi connectivity index (χ1) is 14.4. The van der Waals surface area contributed by atoms with Crippen LogP contribution in [0.25, 0.3) is 11.4 Å². The third-order valence-electron chi connectivity index (χ3n) is 4.18. The molecule has 0 radical (unpaired) electrons. The van der Waals surface area contributed by atoms with Gasteiger partial charge >= 0.3 is 6.09 Å². The molecule has 0 fully saturated rings. The van der Waals surface area contributed by atoms with Gasteiger partial charge in [0, 0.05) is 18.9 Å². The van der Waals surface area contributed by atoms with Crippen molar-refractivity contribution in [2.45, 2.75) is 38.2 Å². The van der Waals surface area contributed by atoms with Crippen molar-refractivity contribution in [3.05, 3.63) is 48.5 Å². The molecule has 0 aliphatic heterocycles. The Kier molecular flexibility index (Phi) is 5.98. The lowest BCUT2D eigenvalue weighted by Crippen LogP contribution is -2.36. The first-order valence-electron chi connectivity index (χ1n) is 9.39. The van der Waals surface area contributed by atoms with E-state index < -0.39 is 21.7 Å². The Labute approximate surface area is 180 Å². The van der Waals surface area contributed by atoms with E-state index in [2.05, 4.69) is 20.3 Å². The minimum absolute atomic E-state index is 0.0797. The quantitative estimate of drug-likeness (QED) is 0.614. The molecule has 0 bridgehead atoms. The minimum atomic E-state index is -4.06. The van der Waals surface area contributed by atoms with Gasteiger partial charge in [-0.15, -0.1) is 0 Å². The van der Waals surface area contributed by atoms with Crippen molar-refractivity contribution in [3.63, 3.8) is 0 Å². The van der Waals surface area contributed by atoms with Gasteiger partial charge in [-0.3, -0.25) is 0 Å². The van der Waals surface area contributed by atoms with Crippen LogP contribution in [0.15, 0.2) is 47.6 Å². The van der Waals surface area contributed by atoms with Crippen molar-refractivity contribution in [1.29, 1.82) is 0 Å². The van der Waals surface area contributed by atoms with Gasteiger partial charge < -0.3 is 14.6 Å². The molecule has 1 amide bonds. The van der Waals surface area contributed by atoms with Crippen LogP contribution in [0.3, 0.4) is 0 Å². The number of amides is 1. The monoisotopic (exact) mass is 444 g/mol. The predicted molar refractivity (Wildman–Crippen MR) is 115 cm³/mol. The fourth-order valence-corrected chi connectivity index (χ4v) is 3.49. The number of anilines is 2. The Balaban J connectivity index is 1.73. The number of rotatable bonds is 5. The van der Waals surface area contributed by atoms with Crippen LogP contribution in [0.4, 0.5) is 16.4 Å². The topological polar surface area (TPSA) is 128 Å². The molecule has 11 heteroatoms. The van der Waals surface area contributed by atoms with Gasteiger partial charge in [-0.2, -0.15) is 0 Å². The molecule has 2 heterocycles. The Morgan fingerprint density at radius 3 is 2.35 bits per heavy atom. The van der Waals surface area contributed by atoms with E-state index in [1.807, 2.05) is 23.3 Å². The van der Waals surface area contributed by atoms with Gasteiger partial charge in [-0.25, -0.2) is 32.9 Å². The van der Waals surface area contributed by atoms with Crippen LogP contribution in [-0.2, 0) is 21.8 Å². The van der Waals surface area contributed by atoms with E-state index in [0.717, 1.165) is 11.5 Å². The third kappa shape index (κ3) is 5.57. The van der Waals surface area contributed by atoms with Gasteiger partial charge in [0.05, 0.1) is 22.5 Å². The Morgan fingerprint density at radius 1 is 1.10 bits per heavy atom. The van der Waals surface area contributed by atoms with Crippen molar-refractivity contribution in [2.24, 2.45) is 7.05 Å². The lowest BCUT2D eigenvalue weighted by molar-refractivity contribution is 0.0570. The summed E-state index contributed by atoms with van der Waals surface area (Å²) in [4.78, 5) is 24.6. The van der Waals surface area contributed by atoms with E-state index in [9.17, 15) is 13.2 Å². The fourth-order valence-electron chi connectivity index (χ4n) is 2.62. The van der Waals surface area contributed by atoms with Gasteiger partial charge in [0.15, 0.2) is 0 Å². The van der Waals surface area contributed by atoms with E-state index in [1.165, 1.54) is 12.1 Å². The number of aromatic nitrogens is 4. The number of nitrogens with zero attached hydrogens (tertiary/aromatic N) is 4. The number of aryl methyl sites for hydroxylation is 1. The van der Waals surface area contributed by atoms with Crippen LogP contribution in [0, 0.1) is 6.92 Å². The number of hydrogen-bond donors (Lipinski definition) is 2. The van der Waals surface area contributed by atoms with E-state index in [4.69, 9.17) is 4.74 Å². The first-order valence-corrected chi connectivity index (χ1v) is 10.9. The molecule has 2 N–H and O–H groups in total. The largest absolute Gasteiger partial charge is 0.443 e. The summed E-state index contributed by atoms with van der Waals surface area (Å²) in [5.74, 6) is 1.21. The van der Waals surface area contributed by atoms with Gasteiger partial charge in [0.1, 0.15) is 11.4 Å². The molecule has 164 valence electrons. The molecule has 0 saturated heterocycles. The number of hydrogen-bond acceptors (Lipinski definition) is 8. The molecule has 0 aliphatic carbocycles. The molecule has 0 atom stereocenters. The summed E-state index contributed by atoms with van der Waals surface area (Å²) >= 11 is 0. The molecule has 1 aromatic carbocycles. The van der Waals surface area contributed by atoms with Crippen molar-refractivity contribution in [1.82, 2.24) is 24.2 Å². The molecule has 3 rings (SSSR count). The van der Waals surface area contributed by atoms with Gasteiger partial charge in [0.2, 0.25) is 5.95 Å². The van der Waals surface area contributed by atoms with Crippen molar-refractivity contribution >= 4 is 27.8 Å². The highest BCUT2D eigenvalue weighted by molar-refractivity contribution is 7.90. The molecular formula is C20H24N6O4S. The molecule has 31 heavy (non-hydrogen) atoms. The summed E-state index contributed by atoms with van der Waals surface area (Å²) in [6.45, 7) is 6.84. The standard InChI is InChI=1S/C20H24N6O4S/c1-13-22-12-17(26(13)5)16-10-11-21-18(24-16)23-14-6-8-15(9-7-14)31(28,29)25-19(27)30-20(2,3)4/h6-12H,1-5H3,(H,25,27)(H,21,23,24). The van der Waals surface area contributed by atoms with Gasteiger partial charge in [-0.1, -0.05) is 0 Å². The number of carbonyl (C=O) groups is 1. The van der Waals surface area contributed by atoms with Crippen molar-refractivity contribution in [2.75, 3.05) is 5.32 Å². The first kappa shape index (κ1) is 22.2. The van der Waals surface area contributed by atoms with Gasteiger partial charge in [-0.05, 0) is 58.0 Å². The number of sulfonamides is 1. The number of nitrogens with one attached hydrogen (secondary N) is 2. The molecule has 0 saturated carbocycles. The molecule has 0 unspecified atom stereocenters. The maximum Gasteiger partial charge on any atom is 0.421 e. The number of ether oxygens (including phenoxy) is 1. The number of imidazole rings is 1. The second-order valence-electron chi connectivity index (χ2n) is 7.77. The fraction of sp³-hybridized carbons (Fsp3) is 0.300. The molecule has 10 nitrogen and oxygen atoms in total. The normalized spacial score (nSPS) is 11.8. The van der Waals surface area contributed by atoms with Crippen LogP contribution >= 0.6 is 0 Å². The summed E-state index contributed by atoms with van der Waals surface area (Å²) in [5, 5.41) is 3.03. The van der Waals surface area contributed by atoms with Gasteiger partial charge in [0.25, 0.3) is 10.0 Å². The van der Waals surface area contributed by atoms with Crippen LogP contribution in [0.5, 0.6) is 0 Å². The maximum atomic E-state index is 12.4. The lowest BCUT2D eigenvalue weighted by atomic mass is 10.2. The Bertz CT molecular complexity index is 1200. The van der Waals surface area contributed by atoms with E-state index in [-0.39, 0.29) is 4.90 Å². The smallest absolute Gasteiger partial charge is 0.421 e. The second-order valence-corrected chi connectivity index (χ2v) is 9.45. The number of carbonyl (C=O) groups excluding carboxylic acids is 1. The summed E-state index contributed by atoms with van der Waals surface area (Å²) in [6, 6.07) is 7.61. The summed E-state index contributed by atoms with van der Waals surface area (Å²) in [7, 11) is -2.16. The van der Waals surface area contributed by atoms with Crippen molar-refractivity contribution < 1.29 is 17.9 Å². The minimum Gasteiger partial charge on any atom is -0.443 e. The zero-order chi connectivity index (χ0) is 22.8. The Hall–Kier alpha value is -3.47. The highest BCUT2D eigenvalue weighted by atomic mass is 32.2. The summed E-state index contributed by atoms with van der Waals surface area (Å²) in [6.07, 6.45) is 2.32. The van der Waals surface area contributed by atoms with Crippen LogP contribution < -0.4 is 10.0 Å². The molecule has 0 spiro atoms. The highest BCUT2D eigenvalue weighted by Crippen LogP contribution is 2.21. The average Bonchev–Trinajstić information content (AvgIpc) is 2.99. The zero-order valence-corrected chi connectivity index (χ0v) is 18.7. The highest BCUT2D eigenvalue weighted by Gasteiger charge is 2.22. The van der Waals surface area contributed by atoms with Crippen molar-refractivity contribution in [3.8, 4) is 11.4 Å². The number of benzene rings is 1. The van der Waals surface area contributed by atoms with Crippen LogP contribution in [-0.4, -0.2) is 39.6 Å². The predicted octanol–water partition coefficient (Wildman–Crippen LogP) is 3.14. The molecular weight excluding hydrogens is 420 g/mol. The van der Waals surface area contributed by atoms with E-state index in [0.29, 0.717) is 17.3 Å². The Morgan fingerprint density at radius 2 is 1.77 bits per heavy atom. The molecule has 2 aromatic heterocycles. The summed E-state index contributed by atoms with van der Waals surface area (Å²) in [5.41, 5.74) is 1.31. The average molecular weight is 445 g/mol. The second kappa shape index (κ2) is 8.34. The van der Waals surface area contributed by atoms with E-state index in [1.54, 1.807) is 51.4 Å². The zero-order valence-electron chi connectivity index (χ0n) is 17.9. The third-order valence-corrected chi connectivity index (χ3v) is 5.50.